The minimum absolute atomic E-state index is 0.0676. The van der Waals surface area contributed by atoms with Crippen molar-refractivity contribution in [1.29, 1.82) is 0 Å². The Labute approximate surface area is 150 Å². The van der Waals surface area contributed by atoms with Gasteiger partial charge in [0.15, 0.2) is 11.6 Å². The van der Waals surface area contributed by atoms with Gasteiger partial charge < -0.3 is 19.5 Å². The number of aromatic nitrogens is 3. The Morgan fingerprint density at radius 2 is 1.92 bits per heavy atom. The van der Waals surface area contributed by atoms with Crippen LogP contribution in [0.5, 0.6) is 0 Å². The first-order chi connectivity index (χ1) is 12.7. The van der Waals surface area contributed by atoms with Crippen LogP contribution >= 0.6 is 0 Å². The molecule has 0 amide bonds. The Balaban J connectivity index is 1.46. The SMILES string of the molecule is O=c1cc(C2CCN(c3ncc(F)c(N4CCOCC4)n3)CC2)cc[nH]1. The summed E-state index contributed by atoms with van der Waals surface area (Å²) >= 11 is 0. The molecule has 0 saturated carbocycles. The number of H-pyrrole nitrogens is 1. The number of aromatic amines is 1. The van der Waals surface area contributed by atoms with Gasteiger partial charge in [0.25, 0.3) is 0 Å². The van der Waals surface area contributed by atoms with Gasteiger partial charge in [0.05, 0.1) is 19.4 Å². The average molecular weight is 359 g/mol. The van der Waals surface area contributed by atoms with E-state index in [1.807, 2.05) is 11.0 Å². The molecule has 2 aliphatic heterocycles. The third-order valence-corrected chi connectivity index (χ3v) is 5.07. The molecule has 4 rings (SSSR count). The van der Waals surface area contributed by atoms with Crippen LogP contribution in [0.4, 0.5) is 16.2 Å². The number of pyridine rings is 1. The van der Waals surface area contributed by atoms with Gasteiger partial charge in [-0.2, -0.15) is 4.98 Å². The molecule has 26 heavy (non-hydrogen) atoms. The highest BCUT2D eigenvalue weighted by Crippen LogP contribution is 2.29. The molecule has 2 aromatic rings. The van der Waals surface area contributed by atoms with Crippen LogP contribution in [0.25, 0.3) is 0 Å². The monoisotopic (exact) mass is 359 g/mol. The predicted octanol–water partition coefficient (Wildman–Crippen LogP) is 1.52. The molecule has 0 spiro atoms. The molecule has 2 aromatic heterocycles. The second-order valence-electron chi connectivity index (χ2n) is 6.69. The van der Waals surface area contributed by atoms with Gasteiger partial charge in [0.2, 0.25) is 11.5 Å². The van der Waals surface area contributed by atoms with Crippen LogP contribution in [0.15, 0.2) is 29.3 Å². The Hall–Kier alpha value is -2.48. The molecule has 4 heterocycles. The summed E-state index contributed by atoms with van der Waals surface area (Å²) in [6, 6.07) is 3.64. The topological polar surface area (TPSA) is 74.3 Å². The second-order valence-corrected chi connectivity index (χ2v) is 6.69. The van der Waals surface area contributed by atoms with E-state index < -0.39 is 5.82 Å². The lowest BCUT2D eigenvalue weighted by atomic mass is 9.90. The van der Waals surface area contributed by atoms with E-state index >= 15 is 0 Å². The highest BCUT2D eigenvalue weighted by molar-refractivity contribution is 5.45. The lowest BCUT2D eigenvalue weighted by Crippen LogP contribution is -2.38. The summed E-state index contributed by atoms with van der Waals surface area (Å²) in [5.41, 5.74) is 1.00. The molecule has 0 radical (unpaired) electrons. The quantitative estimate of drug-likeness (QED) is 0.896. The van der Waals surface area contributed by atoms with Crippen LogP contribution in [0.2, 0.25) is 0 Å². The normalized spacial score (nSPS) is 19.0. The van der Waals surface area contributed by atoms with Crippen molar-refractivity contribution in [3.63, 3.8) is 0 Å². The van der Waals surface area contributed by atoms with Gasteiger partial charge in [-0.15, -0.1) is 0 Å². The number of halogens is 1. The van der Waals surface area contributed by atoms with Crippen LogP contribution in [0.1, 0.15) is 24.3 Å². The molecule has 2 saturated heterocycles. The number of anilines is 2. The van der Waals surface area contributed by atoms with Crippen molar-refractivity contribution < 1.29 is 9.13 Å². The van der Waals surface area contributed by atoms with Crippen LogP contribution < -0.4 is 15.4 Å². The molecule has 0 bridgehead atoms. The van der Waals surface area contributed by atoms with Crippen LogP contribution in [-0.4, -0.2) is 54.3 Å². The van der Waals surface area contributed by atoms with Crippen molar-refractivity contribution in [3.8, 4) is 0 Å². The van der Waals surface area contributed by atoms with Gasteiger partial charge in [-0.05, 0) is 30.4 Å². The molecule has 0 aliphatic carbocycles. The number of hydrogen-bond acceptors (Lipinski definition) is 6. The smallest absolute Gasteiger partial charge is 0.248 e. The highest BCUT2D eigenvalue weighted by atomic mass is 19.1. The van der Waals surface area contributed by atoms with Crippen LogP contribution in [-0.2, 0) is 4.74 Å². The number of hydrogen-bond donors (Lipinski definition) is 1. The first-order valence-corrected chi connectivity index (χ1v) is 8.99. The summed E-state index contributed by atoms with van der Waals surface area (Å²) in [6.45, 7) is 4.01. The maximum Gasteiger partial charge on any atom is 0.248 e. The first-order valence-electron chi connectivity index (χ1n) is 8.99. The van der Waals surface area contributed by atoms with Crippen molar-refractivity contribution in [2.24, 2.45) is 0 Å². The third-order valence-electron chi connectivity index (χ3n) is 5.07. The molecule has 0 unspecified atom stereocenters. The zero-order valence-electron chi connectivity index (χ0n) is 14.5. The summed E-state index contributed by atoms with van der Waals surface area (Å²) in [5.74, 6) is 0.883. The second kappa shape index (κ2) is 7.41. The van der Waals surface area contributed by atoms with E-state index in [2.05, 4.69) is 19.9 Å². The van der Waals surface area contributed by atoms with Gasteiger partial charge in [0.1, 0.15) is 0 Å². The fraction of sp³-hybridized carbons (Fsp3) is 0.500. The van der Waals surface area contributed by atoms with Crippen molar-refractivity contribution in [2.75, 3.05) is 49.2 Å². The number of nitrogens with zero attached hydrogens (tertiary/aromatic N) is 4. The predicted molar refractivity (Wildman–Crippen MR) is 96.3 cm³/mol. The minimum Gasteiger partial charge on any atom is -0.378 e. The molecule has 2 aliphatic rings. The molecular weight excluding hydrogens is 337 g/mol. The van der Waals surface area contributed by atoms with E-state index in [0.717, 1.165) is 31.5 Å². The zero-order chi connectivity index (χ0) is 17.9. The maximum absolute atomic E-state index is 14.2. The van der Waals surface area contributed by atoms with Crippen molar-refractivity contribution >= 4 is 11.8 Å². The van der Waals surface area contributed by atoms with E-state index in [9.17, 15) is 9.18 Å². The van der Waals surface area contributed by atoms with Gasteiger partial charge >= 0.3 is 0 Å². The van der Waals surface area contributed by atoms with Crippen LogP contribution in [0, 0.1) is 5.82 Å². The lowest BCUT2D eigenvalue weighted by molar-refractivity contribution is 0.122. The Morgan fingerprint density at radius 3 is 2.65 bits per heavy atom. The van der Waals surface area contributed by atoms with E-state index in [1.165, 1.54) is 6.20 Å². The van der Waals surface area contributed by atoms with Crippen molar-refractivity contribution in [2.45, 2.75) is 18.8 Å². The molecular formula is C18H22FN5O2. The molecule has 138 valence electrons. The van der Waals surface area contributed by atoms with E-state index in [0.29, 0.717) is 44.0 Å². The zero-order valence-corrected chi connectivity index (χ0v) is 14.5. The lowest BCUT2D eigenvalue weighted by Gasteiger charge is -2.33. The standard InChI is InChI=1S/C18H22FN5O2/c19-15-12-21-18(22-17(15)23-7-9-26-10-8-23)24-5-2-13(3-6-24)14-1-4-20-16(25)11-14/h1,4,11-13H,2-3,5-10H2,(H,20,25). The molecule has 8 heteroatoms. The van der Waals surface area contributed by atoms with E-state index in [4.69, 9.17) is 4.74 Å². The number of morpholine rings is 1. The summed E-state index contributed by atoms with van der Waals surface area (Å²) in [7, 11) is 0. The van der Waals surface area contributed by atoms with Crippen molar-refractivity contribution in [3.05, 3.63) is 46.3 Å². The fourth-order valence-corrected chi connectivity index (χ4v) is 3.63. The van der Waals surface area contributed by atoms with Gasteiger partial charge in [0, 0.05) is 38.4 Å². The summed E-state index contributed by atoms with van der Waals surface area (Å²) in [4.78, 5) is 26.8. The van der Waals surface area contributed by atoms with Crippen LogP contribution in [0.3, 0.4) is 0 Å². The van der Waals surface area contributed by atoms with E-state index in [1.54, 1.807) is 12.3 Å². The number of rotatable bonds is 3. The first kappa shape index (κ1) is 17.0. The van der Waals surface area contributed by atoms with Crippen molar-refractivity contribution in [1.82, 2.24) is 15.0 Å². The summed E-state index contributed by atoms with van der Waals surface area (Å²) in [5, 5.41) is 0. The largest absolute Gasteiger partial charge is 0.378 e. The third kappa shape index (κ3) is 3.55. The highest BCUT2D eigenvalue weighted by Gasteiger charge is 2.24. The Bertz CT molecular complexity index is 813. The minimum atomic E-state index is -0.394. The summed E-state index contributed by atoms with van der Waals surface area (Å²) in [6.07, 6.45) is 4.78. The fourth-order valence-electron chi connectivity index (χ4n) is 3.63. The number of ether oxygens (including phenoxy) is 1. The van der Waals surface area contributed by atoms with Gasteiger partial charge in [-0.3, -0.25) is 4.79 Å². The van der Waals surface area contributed by atoms with Gasteiger partial charge in [-0.1, -0.05) is 0 Å². The Kier molecular flexibility index (Phi) is 4.83. The molecule has 1 N–H and O–H groups in total. The number of nitrogens with one attached hydrogen (secondary N) is 1. The van der Waals surface area contributed by atoms with Gasteiger partial charge in [-0.25, -0.2) is 9.37 Å². The average Bonchev–Trinajstić information content (AvgIpc) is 2.69. The Morgan fingerprint density at radius 1 is 1.15 bits per heavy atom. The molecule has 0 atom stereocenters. The molecule has 0 aromatic carbocycles. The molecule has 2 fully saturated rings. The van der Waals surface area contributed by atoms with E-state index in [-0.39, 0.29) is 5.56 Å². The summed E-state index contributed by atoms with van der Waals surface area (Å²) < 4.78 is 19.5. The number of piperidine rings is 1. The maximum atomic E-state index is 14.2. The molecule has 7 nitrogen and oxygen atoms in total.